The van der Waals surface area contributed by atoms with Crippen molar-refractivity contribution in [3.05, 3.63) is 41.5 Å². The molecule has 74 valence electrons. The number of hydrogen-bond donors (Lipinski definition) is 0. The van der Waals surface area contributed by atoms with Crippen LogP contribution in [0.3, 0.4) is 0 Å². The first-order valence-electron chi connectivity index (χ1n) is 4.69. The quantitative estimate of drug-likeness (QED) is 0.667. The molecule has 0 bridgehead atoms. The van der Waals surface area contributed by atoms with E-state index >= 15 is 0 Å². The number of benzene rings is 1. The summed E-state index contributed by atoms with van der Waals surface area (Å²) in [7, 11) is 3.36. The second kappa shape index (κ2) is 3.56. The van der Waals surface area contributed by atoms with Crippen LogP contribution in [-0.2, 0) is 15.3 Å². The van der Waals surface area contributed by atoms with Crippen molar-refractivity contribution in [3.63, 3.8) is 0 Å². The highest BCUT2D eigenvalue weighted by molar-refractivity contribution is 5.57. The van der Waals surface area contributed by atoms with Gasteiger partial charge in [0, 0.05) is 26.2 Å². The molecule has 0 atom stereocenters. The smallest absolute Gasteiger partial charge is 0.198 e. The Labute approximate surface area is 84.2 Å². The van der Waals surface area contributed by atoms with Crippen molar-refractivity contribution in [2.45, 2.75) is 12.2 Å². The number of methoxy groups -OCH3 is 2. The first kappa shape index (κ1) is 9.44. The largest absolute Gasteiger partial charge is 0.349 e. The third kappa shape index (κ3) is 1.27. The minimum Gasteiger partial charge on any atom is -0.349 e. The predicted octanol–water partition coefficient (Wildman–Crippen LogP) is 2.55. The van der Waals surface area contributed by atoms with Crippen LogP contribution in [0.15, 0.2) is 30.3 Å². The summed E-state index contributed by atoms with van der Waals surface area (Å²) in [4.78, 5) is 0. The molecule has 0 spiro atoms. The second-order valence-electron chi connectivity index (χ2n) is 3.35. The van der Waals surface area contributed by atoms with Crippen molar-refractivity contribution in [1.29, 1.82) is 0 Å². The van der Waals surface area contributed by atoms with Gasteiger partial charge in [-0.05, 0) is 5.56 Å². The van der Waals surface area contributed by atoms with Crippen LogP contribution < -0.4 is 0 Å². The van der Waals surface area contributed by atoms with Gasteiger partial charge < -0.3 is 9.47 Å². The van der Waals surface area contributed by atoms with Gasteiger partial charge in [0.25, 0.3) is 0 Å². The van der Waals surface area contributed by atoms with Crippen LogP contribution in [0.5, 0.6) is 0 Å². The Morgan fingerprint density at radius 1 is 1.14 bits per heavy atom. The molecule has 2 heteroatoms. The van der Waals surface area contributed by atoms with Crippen LogP contribution in [0.4, 0.5) is 0 Å². The molecule has 0 saturated heterocycles. The third-order valence-electron chi connectivity index (χ3n) is 2.71. The Hall–Kier alpha value is -1.12. The van der Waals surface area contributed by atoms with Crippen LogP contribution >= 0.6 is 0 Å². The molecule has 0 aliphatic heterocycles. The third-order valence-corrected chi connectivity index (χ3v) is 2.71. The van der Waals surface area contributed by atoms with Crippen LogP contribution in [0, 0.1) is 0 Å². The zero-order chi connectivity index (χ0) is 10.0. The van der Waals surface area contributed by atoms with Crippen molar-refractivity contribution >= 4 is 6.08 Å². The fourth-order valence-electron chi connectivity index (χ4n) is 1.91. The van der Waals surface area contributed by atoms with E-state index in [1.807, 2.05) is 18.2 Å². The molecule has 1 aliphatic carbocycles. The molecule has 0 N–H and O–H groups in total. The molecule has 0 heterocycles. The van der Waals surface area contributed by atoms with Crippen molar-refractivity contribution in [3.8, 4) is 0 Å². The van der Waals surface area contributed by atoms with Gasteiger partial charge in [0.15, 0.2) is 5.79 Å². The monoisotopic (exact) mass is 190 g/mol. The van der Waals surface area contributed by atoms with E-state index in [9.17, 15) is 0 Å². The van der Waals surface area contributed by atoms with Crippen LogP contribution in [0.2, 0.25) is 0 Å². The van der Waals surface area contributed by atoms with Gasteiger partial charge in [-0.3, -0.25) is 0 Å². The summed E-state index contributed by atoms with van der Waals surface area (Å²) in [5, 5.41) is 0. The average molecular weight is 190 g/mol. The molecule has 0 aromatic heterocycles. The predicted molar refractivity (Wildman–Crippen MR) is 55.8 cm³/mol. The van der Waals surface area contributed by atoms with Crippen molar-refractivity contribution in [1.82, 2.24) is 0 Å². The zero-order valence-corrected chi connectivity index (χ0v) is 8.49. The standard InChI is InChI=1S/C12H14O2/c1-13-12(14-2)9-5-7-10-6-3-4-8-11(10)12/h3-8H,9H2,1-2H3. The van der Waals surface area contributed by atoms with Gasteiger partial charge in [-0.1, -0.05) is 36.4 Å². The molecule has 0 saturated carbocycles. The van der Waals surface area contributed by atoms with E-state index in [1.165, 1.54) is 5.56 Å². The van der Waals surface area contributed by atoms with Gasteiger partial charge >= 0.3 is 0 Å². The second-order valence-corrected chi connectivity index (χ2v) is 3.35. The molecule has 1 aromatic rings. The number of rotatable bonds is 2. The summed E-state index contributed by atoms with van der Waals surface area (Å²) in [5.74, 6) is -0.592. The van der Waals surface area contributed by atoms with Gasteiger partial charge in [0.1, 0.15) is 0 Å². The Balaban J connectivity index is 2.54. The highest BCUT2D eigenvalue weighted by Gasteiger charge is 2.34. The van der Waals surface area contributed by atoms with E-state index in [-0.39, 0.29) is 0 Å². The SMILES string of the molecule is COC1(OC)CC=Cc2ccccc21. The van der Waals surface area contributed by atoms with Gasteiger partial charge in [-0.2, -0.15) is 0 Å². The molecule has 2 rings (SSSR count). The van der Waals surface area contributed by atoms with Gasteiger partial charge in [0.2, 0.25) is 0 Å². The maximum absolute atomic E-state index is 5.48. The zero-order valence-electron chi connectivity index (χ0n) is 8.49. The fourth-order valence-corrected chi connectivity index (χ4v) is 1.91. The maximum atomic E-state index is 5.48. The fraction of sp³-hybridized carbons (Fsp3) is 0.333. The highest BCUT2D eigenvalue weighted by atomic mass is 16.7. The topological polar surface area (TPSA) is 18.5 Å². The average Bonchev–Trinajstić information content (AvgIpc) is 2.28. The summed E-state index contributed by atoms with van der Waals surface area (Å²) in [6, 6.07) is 8.14. The Morgan fingerprint density at radius 3 is 2.57 bits per heavy atom. The lowest BCUT2D eigenvalue weighted by Gasteiger charge is -2.33. The van der Waals surface area contributed by atoms with Crippen molar-refractivity contribution < 1.29 is 9.47 Å². The molecule has 1 aliphatic rings. The van der Waals surface area contributed by atoms with E-state index < -0.39 is 5.79 Å². The minimum atomic E-state index is -0.592. The van der Waals surface area contributed by atoms with Gasteiger partial charge in [-0.25, -0.2) is 0 Å². The Bertz CT molecular complexity index is 351. The lowest BCUT2D eigenvalue weighted by Crippen LogP contribution is -2.32. The van der Waals surface area contributed by atoms with E-state index in [1.54, 1.807) is 14.2 Å². The number of fused-ring (bicyclic) bond motifs is 1. The Kier molecular flexibility index (Phi) is 2.40. The Morgan fingerprint density at radius 2 is 1.86 bits per heavy atom. The maximum Gasteiger partial charge on any atom is 0.198 e. The van der Waals surface area contributed by atoms with Crippen molar-refractivity contribution in [2.75, 3.05) is 14.2 Å². The number of ether oxygens (including phenoxy) is 2. The van der Waals surface area contributed by atoms with E-state index in [0.717, 1.165) is 12.0 Å². The van der Waals surface area contributed by atoms with E-state index in [0.29, 0.717) is 0 Å². The first-order valence-corrected chi connectivity index (χ1v) is 4.69. The molecule has 0 unspecified atom stereocenters. The van der Waals surface area contributed by atoms with Crippen LogP contribution in [0.1, 0.15) is 17.5 Å². The van der Waals surface area contributed by atoms with Gasteiger partial charge in [-0.15, -0.1) is 0 Å². The van der Waals surface area contributed by atoms with Gasteiger partial charge in [0.05, 0.1) is 0 Å². The summed E-state index contributed by atoms with van der Waals surface area (Å²) in [5.41, 5.74) is 2.27. The molecule has 0 amide bonds. The molecule has 0 fully saturated rings. The van der Waals surface area contributed by atoms with E-state index in [2.05, 4.69) is 18.2 Å². The van der Waals surface area contributed by atoms with Crippen LogP contribution in [0.25, 0.3) is 6.08 Å². The first-order chi connectivity index (χ1) is 6.82. The highest BCUT2D eigenvalue weighted by Crippen LogP contribution is 2.36. The molecule has 2 nitrogen and oxygen atoms in total. The van der Waals surface area contributed by atoms with Crippen LogP contribution in [-0.4, -0.2) is 14.2 Å². The molecule has 1 aromatic carbocycles. The lowest BCUT2D eigenvalue weighted by molar-refractivity contribution is -0.214. The molecular weight excluding hydrogens is 176 g/mol. The van der Waals surface area contributed by atoms with E-state index in [4.69, 9.17) is 9.47 Å². The summed E-state index contributed by atoms with van der Waals surface area (Å²) >= 11 is 0. The molecule has 0 radical (unpaired) electrons. The summed E-state index contributed by atoms with van der Waals surface area (Å²) < 4.78 is 11.0. The summed E-state index contributed by atoms with van der Waals surface area (Å²) in [6.45, 7) is 0. The normalized spacial score (nSPS) is 17.9. The number of hydrogen-bond acceptors (Lipinski definition) is 2. The summed E-state index contributed by atoms with van der Waals surface area (Å²) in [6.07, 6.45) is 4.94. The lowest BCUT2D eigenvalue weighted by atomic mass is 9.91. The molecule has 14 heavy (non-hydrogen) atoms. The van der Waals surface area contributed by atoms with Crippen molar-refractivity contribution in [2.24, 2.45) is 0 Å². The molecular formula is C12H14O2. The minimum absolute atomic E-state index is 0.592.